The third kappa shape index (κ3) is 5.04. The Morgan fingerprint density at radius 2 is 1.47 bits per heavy atom. The van der Waals surface area contributed by atoms with Gasteiger partial charge in [-0.05, 0) is 49.4 Å². The normalized spacial score (nSPS) is 17.1. The molecule has 0 saturated carbocycles. The largest absolute Gasteiger partial charge is 0.340 e. The first-order chi connectivity index (χ1) is 17.3. The number of rotatable bonds is 7. The molecule has 2 aromatic rings. The molecular formula is C28H34N4O4. The van der Waals surface area contributed by atoms with Crippen molar-refractivity contribution in [2.45, 2.75) is 46.1 Å². The second kappa shape index (κ2) is 11.0. The van der Waals surface area contributed by atoms with E-state index < -0.39 is 17.9 Å². The molecule has 8 nitrogen and oxygen atoms in total. The molecule has 2 heterocycles. The number of imide groups is 1. The number of hydrogen-bond donors (Lipinski definition) is 1. The topological polar surface area (TPSA) is 90.0 Å². The van der Waals surface area contributed by atoms with E-state index in [2.05, 4.69) is 24.1 Å². The number of hydrogen-bond acceptors (Lipinski definition) is 5. The fourth-order valence-corrected chi connectivity index (χ4v) is 5.07. The molecule has 0 aliphatic carbocycles. The Hall–Kier alpha value is -3.52. The molecular weight excluding hydrogens is 456 g/mol. The maximum absolute atomic E-state index is 13.3. The van der Waals surface area contributed by atoms with Crippen LogP contribution in [0.5, 0.6) is 0 Å². The number of nitrogens with zero attached hydrogens (tertiary/aromatic N) is 3. The van der Waals surface area contributed by atoms with Gasteiger partial charge in [0.1, 0.15) is 6.04 Å². The number of fused-ring (bicyclic) bond motifs is 1. The summed E-state index contributed by atoms with van der Waals surface area (Å²) >= 11 is 0. The summed E-state index contributed by atoms with van der Waals surface area (Å²) in [6, 6.07) is 11.9. The molecule has 1 unspecified atom stereocenters. The summed E-state index contributed by atoms with van der Waals surface area (Å²) < 4.78 is 0. The second-order valence-electron chi connectivity index (χ2n) is 9.36. The number of para-hydroxylation sites is 1. The van der Waals surface area contributed by atoms with Crippen LogP contribution in [0.25, 0.3) is 0 Å². The zero-order valence-electron chi connectivity index (χ0n) is 21.3. The molecule has 8 heteroatoms. The van der Waals surface area contributed by atoms with Gasteiger partial charge in [0.15, 0.2) is 0 Å². The van der Waals surface area contributed by atoms with Gasteiger partial charge in [-0.1, -0.05) is 44.2 Å². The molecule has 2 aliphatic rings. The molecule has 1 saturated heterocycles. The third-order valence-corrected chi connectivity index (χ3v) is 7.10. The predicted molar refractivity (Wildman–Crippen MR) is 138 cm³/mol. The summed E-state index contributed by atoms with van der Waals surface area (Å²) in [6.07, 6.45) is 2.39. The van der Waals surface area contributed by atoms with Crippen molar-refractivity contribution < 1.29 is 19.2 Å². The van der Waals surface area contributed by atoms with E-state index in [4.69, 9.17) is 0 Å². The third-order valence-electron chi connectivity index (χ3n) is 7.10. The average molecular weight is 491 g/mol. The highest BCUT2D eigenvalue weighted by molar-refractivity contribution is 6.22. The van der Waals surface area contributed by atoms with Gasteiger partial charge >= 0.3 is 0 Å². The minimum atomic E-state index is -0.884. The van der Waals surface area contributed by atoms with Crippen LogP contribution in [0.4, 0.5) is 5.69 Å². The number of carbonyl (C=O) groups excluding carboxylic acids is 4. The highest BCUT2D eigenvalue weighted by Gasteiger charge is 2.41. The van der Waals surface area contributed by atoms with E-state index in [9.17, 15) is 19.2 Å². The minimum absolute atomic E-state index is 0.0650. The van der Waals surface area contributed by atoms with Crippen LogP contribution < -0.4 is 5.32 Å². The Balaban J connectivity index is 1.35. The van der Waals surface area contributed by atoms with Crippen molar-refractivity contribution in [1.82, 2.24) is 14.7 Å². The Morgan fingerprint density at radius 1 is 0.861 bits per heavy atom. The van der Waals surface area contributed by atoms with E-state index in [0.29, 0.717) is 43.7 Å². The molecule has 190 valence electrons. The van der Waals surface area contributed by atoms with E-state index in [0.717, 1.165) is 34.6 Å². The lowest BCUT2D eigenvalue weighted by molar-refractivity contribution is -0.134. The molecule has 1 N–H and O–H groups in total. The first-order valence-corrected chi connectivity index (χ1v) is 12.7. The van der Waals surface area contributed by atoms with Crippen LogP contribution in [0.15, 0.2) is 42.5 Å². The van der Waals surface area contributed by atoms with Gasteiger partial charge in [-0.2, -0.15) is 0 Å². The van der Waals surface area contributed by atoms with Gasteiger partial charge in [-0.3, -0.25) is 29.0 Å². The Morgan fingerprint density at radius 3 is 2.06 bits per heavy atom. The summed E-state index contributed by atoms with van der Waals surface area (Å²) in [6.45, 7) is 8.20. The fraction of sp³-hybridized carbons (Fsp3) is 0.429. The molecule has 0 radical (unpaired) electrons. The molecule has 1 atom stereocenters. The highest BCUT2D eigenvalue weighted by Crippen LogP contribution is 2.26. The molecule has 0 spiro atoms. The first kappa shape index (κ1) is 25.6. The summed E-state index contributed by atoms with van der Waals surface area (Å²) in [7, 11) is 0. The second-order valence-corrected chi connectivity index (χ2v) is 9.36. The van der Waals surface area contributed by atoms with Gasteiger partial charge in [-0.15, -0.1) is 0 Å². The molecule has 0 bridgehead atoms. The van der Waals surface area contributed by atoms with Crippen LogP contribution in [0.2, 0.25) is 0 Å². The van der Waals surface area contributed by atoms with Gasteiger partial charge in [0.05, 0.1) is 17.7 Å². The first-order valence-electron chi connectivity index (χ1n) is 12.7. The number of carbonyl (C=O) groups is 4. The number of anilines is 1. The van der Waals surface area contributed by atoms with E-state index in [1.54, 1.807) is 36.1 Å². The van der Waals surface area contributed by atoms with Crippen LogP contribution in [0, 0.1) is 0 Å². The van der Waals surface area contributed by atoms with Crippen molar-refractivity contribution >= 4 is 29.3 Å². The van der Waals surface area contributed by atoms with Gasteiger partial charge < -0.3 is 10.2 Å². The lowest BCUT2D eigenvalue weighted by Crippen LogP contribution is -2.50. The van der Waals surface area contributed by atoms with Gasteiger partial charge in [-0.25, -0.2) is 0 Å². The number of aryl methyl sites for hydroxylation is 2. The van der Waals surface area contributed by atoms with Gasteiger partial charge in [0, 0.05) is 31.9 Å². The van der Waals surface area contributed by atoms with Gasteiger partial charge in [0.2, 0.25) is 11.8 Å². The minimum Gasteiger partial charge on any atom is -0.340 e. The number of amides is 4. The van der Waals surface area contributed by atoms with E-state index in [-0.39, 0.29) is 18.4 Å². The smallest absolute Gasteiger partial charge is 0.262 e. The zero-order valence-corrected chi connectivity index (χ0v) is 21.3. The van der Waals surface area contributed by atoms with E-state index in [1.165, 1.54) is 0 Å². The summed E-state index contributed by atoms with van der Waals surface area (Å²) in [5, 5.41) is 3.11. The van der Waals surface area contributed by atoms with Gasteiger partial charge in [0.25, 0.3) is 11.8 Å². The molecule has 2 aromatic carbocycles. The van der Waals surface area contributed by atoms with Crippen LogP contribution in [-0.4, -0.2) is 77.1 Å². The average Bonchev–Trinajstić information content (AvgIpc) is 3.02. The highest BCUT2D eigenvalue weighted by atomic mass is 16.2. The summed E-state index contributed by atoms with van der Waals surface area (Å²) in [5.41, 5.74) is 3.83. The molecule has 2 aliphatic heterocycles. The Kier molecular flexibility index (Phi) is 7.84. The maximum atomic E-state index is 13.3. The monoisotopic (exact) mass is 490 g/mol. The van der Waals surface area contributed by atoms with Crippen LogP contribution in [-0.2, 0) is 22.4 Å². The molecule has 36 heavy (non-hydrogen) atoms. The van der Waals surface area contributed by atoms with Crippen molar-refractivity contribution in [3.8, 4) is 0 Å². The van der Waals surface area contributed by atoms with Crippen LogP contribution >= 0.6 is 0 Å². The standard InChI is InChI=1S/C28H34N4O4/c1-4-20-10-8-11-21(5-2)25(20)29-24(33)18-30-14-9-15-31(17-16-30)26(34)19(3)32-27(35)22-12-6-7-13-23(22)28(32)36/h6-8,10-13,19H,4-5,9,14-18H2,1-3H3,(H,29,33). The summed E-state index contributed by atoms with van der Waals surface area (Å²) in [4.78, 5) is 56.6. The lowest BCUT2D eigenvalue weighted by atomic mass is 10.0. The molecule has 4 rings (SSSR count). The maximum Gasteiger partial charge on any atom is 0.262 e. The molecule has 1 fully saturated rings. The number of nitrogens with one attached hydrogen (secondary N) is 1. The Bertz CT molecular complexity index is 1120. The fourth-order valence-electron chi connectivity index (χ4n) is 5.07. The Labute approximate surface area is 212 Å². The number of benzene rings is 2. The molecule has 0 aromatic heterocycles. The van der Waals surface area contributed by atoms with Crippen molar-refractivity contribution in [2.75, 3.05) is 38.0 Å². The quantitative estimate of drug-likeness (QED) is 0.603. The predicted octanol–water partition coefficient (Wildman–Crippen LogP) is 2.97. The van der Waals surface area contributed by atoms with Crippen molar-refractivity contribution in [3.63, 3.8) is 0 Å². The van der Waals surface area contributed by atoms with Crippen LogP contribution in [0.3, 0.4) is 0 Å². The van der Waals surface area contributed by atoms with E-state index in [1.807, 2.05) is 18.2 Å². The molecule has 4 amide bonds. The SMILES string of the molecule is CCc1cccc(CC)c1NC(=O)CN1CCCN(C(=O)C(C)N2C(=O)c3ccccc3C2=O)CC1. The van der Waals surface area contributed by atoms with Crippen LogP contribution in [0.1, 0.15) is 59.0 Å². The lowest BCUT2D eigenvalue weighted by Gasteiger charge is -2.28. The summed E-state index contributed by atoms with van der Waals surface area (Å²) in [5.74, 6) is -1.17. The van der Waals surface area contributed by atoms with Crippen molar-refractivity contribution in [2.24, 2.45) is 0 Å². The zero-order chi connectivity index (χ0) is 25.8. The van der Waals surface area contributed by atoms with E-state index >= 15 is 0 Å². The van der Waals surface area contributed by atoms with Crippen molar-refractivity contribution in [1.29, 1.82) is 0 Å². The van der Waals surface area contributed by atoms with Crippen molar-refractivity contribution in [3.05, 3.63) is 64.7 Å².